The van der Waals surface area contributed by atoms with Crippen molar-refractivity contribution in [2.24, 2.45) is 10.1 Å². The maximum Gasteiger partial charge on any atom is 0.283 e. The number of rotatable bonds is 4. The van der Waals surface area contributed by atoms with Crippen LogP contribution in [0.3, 0.4) is 0 Å². The number of nitrogens with zero attached hydrogens (tertiary/aromatic N) is 5. The fourth-order valence-electron chi connectivity index (χ4n) is 4.42. The van der Waals surface area contributed by atoms with E-state index in [0.717, 1.165) is 48.6 Å². The van der Waals surface area contributed by atoms with Crippen LogP contribution in [-0.4, -0.2) is 55.4 Å². The predicted octanol–water partition coefficient (Wildman–Crippen LogP) is 5.03. The van der Waals surface area contributed by atoms with Crippen LogP contribution in [-0.2, 0) is 9.59 Å². The Bertz CT molecular complexity index is 1370. The lowest BCUT2D eigenvalue weighted by atomic mass is 10.1. The Morgan fingerprint density at radius 2 is 1.91 bits per heavy atom. The van der Waals surface area contributed by atoms with Gasteiger partial charge in [0.1, 0.15) is 5.04 Å². The molecule has 0 atom stereocenters. The minimum absolute atomic E-state index is 0.0116. The topological polar surface area (TPSA) is 94.1 Å². The standard InChI is InChI=1S/C24H22Cl2N6O2S/c1-13-9-15(14(2)31(13)16-5-6-18(25)19(26)11-16)10-17-22(27)32-24(28-23(17)34)35-20(29-32)12-21(33)30-7-3-4-8-30/h5-6,9-11,27H,3-4,7-8,12H2,1-2H3/b17-10+,27-22?. The lowest BCUT2D eigenvalue weighted by Gasteiger charge is -2.20. The number of carbonyl (C=O) groups is 2. The molecule has 2 aromatic rings. The Hall–Kier alpha value is -2.88. The van der Waals surface area contributed by atoms with Gasteiger partial charge in [0.05, 0.1) is 22.0 Å². The van der Waals surface area contributed by atoms with E-state index < -0.39 is 5.91 Å². The molecule has 1 N–H and O–H groups in total. The molecule has 0 unspecified atom stereocenters. The second kappa shape index (κ2) is 9.29. The lowest BCUT2D eigenvalue weighted by Crippen LogP contribution is -2.35. The van der Waals surface area contributed by atoms with Crippen LogP contribution in [0.4, 0.5) is 0 Å². The molecule has 1 saturated heterocycles. The highest BCUT2D eigenvalue weighted by Crippen LogP contribution is 2.32. The summed E-state index contributed by atoms with van der Waals surface area (Å²) in [5, 5.41) is 16.2. The molecule has 0 radical (unpaired) electrons. The molecule has 3 aliphatic heterocycles. The van der Waals surface area contributed by atoms with Gasteiger partial charge in [-0.25, -0.2) is 0 Å². The molecule has 3 aliphatic rings. The largest absolute Gasteiger partial charge is 0.342 e. The summed E-state index contributed by atoms with van der Waals surface area (Å²) in [6.45, 7) is 5.42. The second-order valence-corrected chi connectivity index (χ2v) is 10.4. The quantitative estimate of drug-likeness (QED) is 0.562. The van der Waals surface area contributed by atoms with Gasteiger partial charge in [0.2, 0.25) is 11.1 Å². The molecule has 0 spiro atoms. The van der Waals surface area contributed by atoms with E-state index in [1.807, 2.05) is 35.4 Å². The third kappa shape index (κ3) is 4.44. The Kier molecular flexibility index (Phi) is 6.33. The minimum atomic E-state index is -0.504. The third-order valence-electron chi connectivity index (χ3n) is 6.19. The number of benzene rings is 1. The Morgan fingerprint density at radius 3 is 2.63 bits per heavy atom. The van der Waals surface area contributed by atoms with E-state index in [4.69, 9.17) is 28.6 Å². The highest BCUT2D eigenvalue weighted by atomic mass is 35.5. The lowest BCUT2D eigenvalue weighted by molar-refractivity contribution is -0.128. The number of fused-ring (bicyclic) bond motifs is 1. The van der Waals surface area contributed by atoms with Gasteiger partial charge in [0.25, 0.3) is 5.91 Å². The van der Waals surface area contributed by atoms with Crippen molar-refractivity contribution in [1.82, 2.24) is 14.5 Å². The van der Waals surface area contributed by atoms with Crippen LogP contribution in [0.2, 0.25) is 10.0 Å². The number of aryl methyl sites for hydroxylation is 1. The summed E-state index contributed by atoms with van der Waals surface area (Å²) in [6.07, 6.45) is 3.84. The summed E-state index contributed by atoms with van der Waals surface area (Å²) in [6, 6.07) is 7.33. The normalized spacial score (nSPS) is 18.9. The van der Waals surface area contributed by atoms with E-state index in [1.54, 1.807) is 18.2 Å². The molecule has 35 heavy (non-hydrogen) atoms. The average molecular weight is 529 g/mol. The zero-order valence-electron chi connectivity index (χ0n) is 19.1. The molecule has 1 aromatic heterocycles. The first-order chi connectivity index (χ1) is 16.7. The highest BCUT2D eigenvalue weighted by molar-refractivity contribution is 8.27. The van der Waals surface area contributed by atoms with Crippen LogP contribution < -0.4 is 0 Å². The van der Waals surface area contributed by atoms with Crippen molar-refractivity contribution in [3.05, 3.63) is 56.8 Å². The van der Waals surface area contributed by atoms with E-state index in [-0.39, 0.29) is 23.7 Å². The van der Waals surface area contributed by atoms with Crippen LogP contribution in [0, 0.1) is 19.3 Å². The van der Waals surface area contributed by atoms with Crippen LogP contribution in [0.15, 0.2) is 39.9 Å². The number of aliphatic imine (C=N–C) groups is 1. The van der Waals surface area contributed by atoms with E-state index in [0.29, 0.717) is 20.3 Å². The number of likely N-dealkylation sites (tertiary alicyclic amines) is 1. The molecular weight excluding hydrogens is 507 g/mol. The van der Waals surface area contributed by atoms with Crippen LogP contribution in [0.25, 0.3) is 11.8 Å². The van der Waals surface area contributed by atoms with Gasteiger partial charge in [-0.15, -0.1) is 0 Å². The first-order valence-electron chi connectivity index (χ1n) is 11.1. The van der Waals surface area contributed by atoms with Gasteiger partial charge in [-0.05, 0) is 74.4 Å². The van der Waals surface area contributed by atoms with Gasteiger partial charge < -0.3 is 9.47 Å². The third-order valence-corrected chi connectivity index (χ3v) is 7.84. The van der Waals surface area contributed by atoms with Gasteiger partial charge in [-0.1, -0.05) is 23.2 Å². The molecule has 0 bridgehead atoms. The summed E-state index contributed by atoms with van der Waals surface area (Å²) >= 11 is 13.4. The summed E-state index contributed by atoms with van der Waals surface area (Å²) in [4.78, 5) is 31.3. The molecule has 2 amide bonds. The second-order valence-electron chi connectivity index (χ2n) is 8.54. The van der Waals surface area contributed by atoms with E-state index in [2.05, 4.69) is 10.1 Å². The first-order valence-corrected chi connectivity index (χ1v) is 12.7. The van der Waals surface area contributed by atoms with Crippen molar-refractivity contribution in [2.45, 2.75) is 33.1 Å². The summed E-state index contributed by atoms with van der Waals surface area (Å²) in [5.74, 6) is -0.552. The van der Waals surface area contributed by atoms with Crippen LogP contribution in [0.1, 0.15) is 36.2 Å². The molecule has 1 aromatic carbocycles. The zero-order chi connectivity index (χ0) is 24.9. The highest BCUT2D eigenvalue weighted by Gasteiger charge is 2.36. The number of aromatic nitrogens is 1. The number of halogens is 2. The Labute approximate surface area is 216 Å². The number of amidine groups is 2. The van der Waals surface area contributed by atoms with Gasteiger partial charge >= 0.3 is 0 Å². The summed E-state index contributed by atoms with van der Waals surface area (Å²) in [5.41, 5.74) is 3.57. The van der Waals surface area contributed by atoms with E-state index in [9.17, 15) is 9.59 Å². The predicted molar refractivity (Wildman–Crippen MR) is 141 cm³/mol. The average Bonchev–Trinajstić information content (AvgIpc) is 3.53. The van der Waals surface area contributed by atoms with E-state index in [1.165, 1.54) is 16.8 Å². The number of thioether (sulfide) groups is 1. The first kappa shape index (κ1) is 23.8. The number of hydrogen-bond donors (Lipinski definition) is 1. The van der Waals surface area contributed by atoms with Crippen molar-refractivity contribution in [1.29, 1.82) is 5.41 Å². The molecule has 0 aliphatic carbocycles. The van der Waals surface area contributed by atoms with Gasteiger partial charge in [0.15, 0.2) is 5.84 Å². The number of hydrogen-bond acceptors (Lipinski definition) is 5. The molecule has 5 rings (SSSR count). The maximum absolute atomic E-state index is 12.8. The number of carbonyl (C=O) groups excluding carboxylic acids is 2. The smallest absolute Gasteiger partial charge is 0.283 e. The molecule has 180 valence electrons. The van der Waals surface area contributed by atoms with Crippen molar-refractivity contribution in [2.75, 3.05) is 13.1 Å². The van der Waals surface area contributed by atoms with Gasteiger partial charge in [0, 0.05) is 30.2 Å². The van der Waals surface area contributed by atoms with Crippen LogP contribution >= 0.6 is 35.0 Å². The zero-order valence-corrected chi connectivity index (χ0v) is 21.5. The van der Waals surface area contributed by atoms with Crippen molar-refractivity contribution >= 4 is 68.9 Å². The fraction of sp³-hybridized carbons (Fsp3) is 0.292. The monoisotopic (exact) mass is 528 g/mol. The molecule has 1 fully saturated rings. The van der Waals surface area contributed by atoms with Gasteiger partial charge in [-0.3, -0.25) is 15.0 Å². The summed E-state index contributed by atoms with van der Waals surface area (Å²) in [7, 11) is 0. The fourth-order valence-corrected chi connectivity index (χ4v) is 5.59. The number of amides is 2. The molecule has 0 saturated carbocycles. The summed E-state index contributed by atoms with van der Waals surface area (Å²) < 4.78 is 2.01. The number of nitrogens with one attached hydrogen (secondary N) is 1. The molecular formula is C24H22Cl2N6O2S. The van der Waals surface area contributed by atoms with Crippen molar-refractivity contribution in [3.63, 3.8) is 0 Å². The SMILES string of the molecule is Cc1cc(/C=C2\C(=N)N3N=C(CC(=O)N4CCCC4)SC3=NC2=O)c(C)n1-c1ccc(Cl)c(Cl)c1. The van der Waals surface area contributed by atoms with E-state index >= 15 is 0 Å². The molecule has 4 heterocycles. The minimum Gasteiger partial charge on any atom is -0.342 e. The van der Waals surface area contributed by atoms with Crippen molar-refractivity contribution < 1.29 is 9.59 Å². The molecule has 8 nitrogen and oxygen atoms in total. The maximum atomic E-state index is 12.8. The number of hydrazone groups is 1. The van der Waals surface area contributed by atoms with Gasteiger partial charge in [-0.2, -0.15) is 15.1 Å². The van der Waals surface area contributed by atoms with Crippen LogP contribution in [0.5, 0.6) is 0 Å². The Morgan fingerprint density at radius 1 is 1.17 bits per heavy atom. The Balaban J connectivity index is 1.42. The van der Waals surface area contributed by atoms with Crippen molar-refractivity contribution in [3.8, 4) is 5.69 Å². The molecule has 11 heteroatoms.